The molecule has 0 radical (unpaired) electrons. The van der Waals surface area contributed by atoms with Crippen LogP contribution in [0.4, 0.5) is 10.5 Å². The summed E-state index contributed by atoms with van der Waals surface area (Å²) in [6, 6.07) is 13.3. The largest absolute Gasteiger partial charge is 0.491 e. The van der Waals surface area contributed by atoms with Gasteiger partial charge in [0, 0.05) is 24.4 Å². The number of aliphatic hydroxyl groups is 1. The molecule has 34 heavy (non-hydrogen) atoms. The van der Waals surface area contributed by atoms with Gasteiger partial charge in [0.25, 0.3) is 0 Å². The van der Waals surface area contributed by atoms with Gasteiger partial charge in [0.15, 0.2) is 11.9 Å². The van der Waals surface area contributed by atoms with Gasteiger partial charge < -0.3 is 24.4 Å². The van der Waals surface area contributed by atoms with E-state index in [4.69, 9.17) is 24.4 Å². The zero-order valence-electron chi connectivity index (χ0n) is 19.1. The number of allylic oxidation sites excluding steroid dienone is 1. The molecule has 0 unspecified atom stereocenters. The summed E-state index contributed by atoms with van der Waals surface area (Å²) in [7, 11) is 1.48. The van der Waals surface area contributed by atoms with E-state index in [0.29, 0.717) is 35.4 Å². The Morgan fingerprint density at radius 2 is 1.85 bits per heavy atom. The lowest BCUT2D eigenvalue weighted by Crippen LogP contribution is -2.28. The van der Waals surface area contributed by atoms with Crippen LogP contribution in [0.2, 0.25) is 0 Å². The number of aliphatic carboxylic acids is 1. The molecule has 0 fully saturated rings. The third-order valence-electron chi connectivity index (χ3n) is 4.84. The van der Waals surface area contributed by atoms with Crippen LogP contribution in [0.3, 0.4) is 0 Å². The van der Waals surface area contributed by atoms with Gasteiger partial charge in [-0.05, 0) is 61.7 Å². The van der Waals surface area contributed by atoms with Gasteiger partial charge in [0.2, 0.25) is 0 Å². The van der Waals surface area contributed by atoms with Gasteiger partial charge in [-0.1, -0.05) is 18.2 Å². The first-order chi connectivity index (χ1) is 16.3. The summed E-state index contributed by atoms with van der Waals surface area (Å²) in [5.41, 5.74) is 1.57. The molecule has 9 heteroatoms. The topological polar surface area (TPSA) is 131 Å². The fourth-order valence-corrected chi connectivity index (χ4v) is 3.19. The lowest BCUT2D eigenvalue weighted by molar-refractivity contribution is -0.131. The fraction of sp³-hybridized carbons (Fsp3) is 0.320. The van der Waals surface area contributed by atoms with Gasteiger partial charge in [-0.3, -0.25) is 10.1 Å². The van der Waals surface area contributed by atoms with Crippen molar-refractivity contribution in [2.45, 2.75) is 32.0 Å². The van der Waals surface area contributed by atoms with Crippen LogP contribution in [0.25, 0.3) is 0 Å². The molecule has 0 aliphatic rings. The summed E-state index contributed by atoms with van der Waals surface area (Å²) in [6.07, 6.45) is 1.17. The third kappa shape index (κ3) is 8.68. The molecule has 0 aromatic heterocycles. The van der Waals surface area contributed by atoms with E-state index in [1.165, 1.54) is 20.1 Å². The SMILES string of the molecule is CO[C@H](CC/C=C/C(=O)O)[C@H](OC(=O)Nc1ccc(C(C)=O)cc1)c1cccc(OCCO)c1. The molecule has 2 aromatic carbocycles. The smallest absolute Gasteiger partial charge is 0.412 e. The van der Waals surface area contributed by atoms with Gasteiger partial charge in [-0.25, -0.2) is 9.59 Å². The molecular formula is C25H29NO8. The number of ether oxygens (including phenoxy) is 3. The number of carbonyl (C=O) groups excluding carboxylic acids is 2. The van der Waals surface area contributed by atoms with Crippen LogP contribution < -0.4 is 10.1 Å². The predicted octanol–water partition coefficient (Wildman–Crippen LogP) is 3.99. The molecule has 0 saturated heterocycles. The number of ketones is 1. The quantitative estimate of drug-likeness (QED) is 0.295. The zero-order valence-corrected chi connectivity index (χ0v) is 19.1. The number of carboxylic acid groups (broad SMARTS) is 1. The van der Waals surface area contributed by atoms with E-state index >= 15 is 0 Å². The lowest BCUT2D eigenvalue weighted by Gasteiger charge is -2.26. The fourth-order valence-electron chi connectivity index (χ4n) is 3.19. The van der Waals surface area contributed by atoms with Crippen LogP contribution in [0, 0.1) is 0 Å². The number of hydrogen-bond donors (Lipinski definition) is 3. The highest BCUT2D eigenvalue weighted by atomic mass is 16.6. The molecule has 0 aliphatic heterocycles. The first-order valence-electron chi connectivity index (χ1n) is 10.7. The summed E-state index contributed by atoms with van der Waals surface area (Å²) < 4.78 is 16.8. The Bertz CT molecular complexity index is 987. The zero-order chi connectivity index (χ0) is 24.9. The number of benzene rings is 2. The first-order valence-corrected chi connectivity index (χ1v) is 10.7. The molecule has 3 N–H and O–H groups in total. The number of anilines is 1. The van der Waals surface area contributed by atoms with Crippen LogP contribution in [0.15, 0.2) is 60.7 Å². The van der Waals surface area contributed by atoms with Gasteiger partial charge >= 0.3 is 12.1 Å². The Labute approximate surface area is 198 Å². The van der Waals surface area contributed by atoms with Crippen molar-refractivity contribution in [3.05, 3.63) is 71.8 Å². The highest BCUT2D eigenvalue weighted by Gasteiger charge is 2.27. The minimum Gasteiger partial charge on any atom is -0.491 e. The maximum atomic E-state index is 12.7. The second-order valence-corrected chi connectivity index (χ2v) is 7.32. The number of carboxylic acids is 1. The van der Waals surface area contributed by atoms with Crippen LogP contribution in [0.1, 0.15) is 41.8 Å². The Balaban J connectivity index is 2.21. The second-order valence-electron chi connectivity index (χ2n) is 7.32. The van der Waals surface area contributed by atoms with Crippen molar-refractivity contribution < 1.29 is 38.8 Å². The summed E-state index contributed by atoms with van der Waals surface area (Å²) in [6.45, 7) is 1.42. The van der Waals surface area contributed by atoms with E-state index < -0.39 is 24.3 Å². The summed E-state index contributed by atoms with van der Waals surface area (Å²) >= 11 is 0. The molecule has 0 saturated carbocycles. The average Bonchev–Trinajstić information content (AvgIpc) is 2.82. The molecule has 0 heterocycles. The normalized spacial score (nSPS) is 12.7. The minimum atomic E-state index is -1.05. The number of hydrogen-bond acceptors (Lipinski definition) is 7. The van der Waals surface area contributed by atoms with Gasteiger partial charge in [-0.2, -0.15) is 0 Å². The van der Waals surface area contributed by atoms with Gasteiger partial charge in [0.1, 0.15) is 12.4 Å². The number of carbonyl (C=O) groups is 3. The van der Waals surface area contributed by atoms with Crippen molar-refractivity contribution in [3.8, 4) is 5.75 Å². The summed E-state index contributed by atoms with van der Waals surface area (Å²) in [5.74, 6) is -0.649. The van der Waals surface area contributed by atoms with Crippen molar-refractivity contribution in [3.63, 3.8) is 0 Å². The van der Waals surface area contributed by atoms with Crippen molar-refractivity contribution >= 4 is 23.5 Å². The van der Waals surface area contributed by atoms with Gasteiger partial charge in [0.05, 0.1) is 12.7 Å². The average molecular weight is 472 g/mol. The number of methoxy groups -OCH3 is 1. The van der Waals surface area contributed by atoms with Crippen LogP contribution in [0.5, 0.6) is 5.75 Å². The number of aliphatic hydroxyl groups excluding tert-OH is 1. The van der Waals surface area contributed by atoms with E-state index in [0.717, 1.165) is 6.08 Å². The molecule has 182 valence electrons. The van der Waals surface area contributed by atoms with E-state index in [1.807, 2.05) is 0 Å². The number of Topliss-reactive ketones (excluding diaryl/α,β-unsaturated/α-hetero) is 1. The maximum absolute atomic E-state index is 12.7. The Kier molecular flexibility index (Phi) is 10.8. The Morgan fingerprint density at radius 1 is 1.12 bits per heavy atom. The third-order valence-corrected chi connectivity index (χ3v) is 4.84. The maximum Gasteiger partial charge on any atom is 0.412 e. The highest BCUT2D eigenvalue weighted by Crippen LogP contribution is 2.29. The summed E-state index contributed by atoms with van der Waals surface area (Å²) in [5, 5.41) is 20.4. The van der Waals surface area contributed by atoms with Crippen molar-refractivity contribution in [1.82, 2.24) is 0 Å². The predicted molar refractivity (Wildman–Crippen MR) is 125 cm³/mol. The summed E-state index contributed by atoms with van der Waals surface area (Å²) in [4.78, 5) is 34.9. The Morgan fingerprint density at radius 3 is 2.47 bits per heavy atom. The van der Waals surface area contributed by atoms with E-state index in [9.17, 15) is 14.4 Å². The molecule has 0 spiro atoms. The molecule has 9 nitrogen and oxygen atoms in total. The van der Waals surface area contributed by atoms with Gasteiger partial charge in [-0.15, -0.1) is 0 Å². The monoisotopic (exact) mass is 471 g/mol. The Hall–Kier alpha value is -3.69. The molecule has 2 rings (SSSR count). The minimum absolute atomic E-state index is 0.0858. The van der Waals surface area contributed by atoms with Crippen LogP contribution in [-0.2, 0) is 14.3 Å². The second kappa shape index (κ2) is 13.8. The number of nitrogens with one attached hydrogen (secondary N) is 1. The van der Waals surface area contributed by atoms with Crippen molar-refractivity contribution in [1.29, 1.82) is 0 Å². The van der Waals surface area contributed by atoms with E-state index in [1.54, 1.807) is 48.5 Å². The molecule has 0 bridgehead atoms. The lowest BCUT2D eigenvalue weighted by atomic mass is 10.00. The standard InChI is InChI=1S/C25H29NO8/c1-17(28)18-10-12-20(13-11-18)26-25(31)34-24(22(32-2)8-3-4-9-23(29)30)19-6-5-7-21(16-19)33-15-14-27/h4-7,9-13,16,22,24,27H,3,8,14-15H2,1-2H3,(H,26,31)(H,29,30)/b9-4+/t22-,24-/m1/s1. The first kappa shape index (κ1) is 26.6. The molecular weight excluding hydrogens is 442 g/mol. The number of rotatable bonds is 13. The van der Waals surface area contributed by atoms with E-state index in [2.05, 4.69) is 5.32 Å². The van der Waals surface area contributed by atoms with Crippen molar-refractivity contribution in [2.24, 2.45) is 0 Å². The molecule has 0 aliphatic carbocycles. The highest BCUT2D eigenvalue weighted by molar-refractivity contribution is 5.95. The van der Waals surface area contributed by atoms with Crippen LogP contribution >= 0.6 is 0 Å². The number of amides is 1. The van der Waals surface area contributed by atoms with Crippen molar-refractivity contribution in [2.75, 3.05) is 25.6 Å². The van der Waals surface area contributed by atoms with E-state index in [-0.39, 0.29) is 19.0 Å². The molecule has 2 atom stereocenters. The molecule has 1 amide bonds. The van der Waals surface area contributed by atoms with Crippen LogP contribution in [-0.4, -0.2) is 54.5 Å². The molecule has 2 aromatic rings.